The van der Waals surface area contributed by atoms with E-state index in [1.165, 1.54) is 22.2 Å². The van der Waals surface area contributed by atoms with Crippen LogP contribution in [-0.2, 0) is 6.54 Å². The van der Waals surface area contributed by atoms with Crippen molar-refractivity contribution in [3.8, 4) is 0 Å². The molecule has 0 aliphatic carbocycles. The minimum atomic E-state index is -1.06. The number of thiazole rings is 1. The number of rotatable bonds is 3. The Morgan fingerprint density at radius 1 is 1.32 bits per heavy atom. The van der Waals surface area contributed by atoms with Gasteiger partial charge in [0.05, 0.1) is 40.6 Å². The number of aliphatic hydroxyl groups is 1. The lowest BCUT2D eigenvalue weighted by Crippen LogP contribution is -2.49. The maximum Gasteiger partial charge on any atom is 0.265 e. The van der Waals surface area contributed by atoms with Crippen LogP contribution in [0.2, 0.25) is 5.02 Å². The number of nitrogens with zero attached hydrogens (tertiary/aromatic N) is 4. The molecule has 2 aromatic heterocycles. The molecule has 0 saturated carbocycles. The molecule has 3 heterocycles. The van der Waals surface area contributed by atoms with E-state index in [0.29, 0.717) is 46.7 Å². The van der Waals surface area contributed by atoms with Crippen LogP contribution in [0.1, 0.15) is 28.2 Å². The zero-order valence-electron chi connectivity index (χ0n) is 15.3. The fraction of sp³-hybridized carbons (Fsp3) is 0.368. The number of carbonyl (C=O) groups excluding carboxylic acids is 1. The maximum absolute atomic E-state index is 12.7. The van der Waals surface area contributed by atoms with Gasteiger partial charge in [0, 0.05) is 18.1 Å². The number of benzene rings is 1. The Labute approximate surface area is 170 Å². The molecule has 0 radical (unpaired) electrons. The Bertz CT molecular complexity index is 1100. The first-order valence-corrected chi connectivity index (χ1v) is 10.2. The fourth-order valence-electron chi connectivity index (χ4n) is 3.50. The number of halogens is 1. The van der Waals surface area contributed by atoms with E-state index in [2.05, 4.69) is 9.97 Å². The van der Waals surface area contributed by atoms with Crippen LogP contribution in [0.15, 0.2) is 34.8 Å². The molecule has 0 spiro atoms. The van der Waals surface area contributed by atoms with Crippen LogP contribution in [-0.4, -0.2) is 49.1 Å². The molecule has 7 nitrogen and oxygen atoms in total. The molecule has 28 heavy (non-hydrogen) atoms. The lowest BCUT2D eigenvalue weighted by Gasteiger charge is -2.38. The molecule has 0 atom stereocenters. The quantitative estimate of drug-likeness (QED) is 0.705. The Hall–Kier alpha value is -2.29. The van der Waals surface area contributed by atoms with Crippen molar-refractivity contribution in [2.45, 2.75) is 31.9 Å². The standard InChI is InChI=1S/C19H19ClN4O3S/c1-12-16(28-11-22-12)18(26)23-6-4-19(27,5-7-23)9-24-10-21-15-8-13(20)2-3-14(15)17(24)25/h2-3,8,10-11,27H,4-7,9H2,1H3. The van der Waals surface area contributed by atoms with E-state index in [1.807, 2.05) is 6.92 Å². The second-order valence-electron chi connectivity index (χ2n) is 7.12. The van der Waals surface area contributed by atoms with E-state index < -0.39 is 5.60 Å². The molecule has 4 rings (SSSR count). The average molecular weight is 419 g/mol. The van der Waals surface area contributed by atoms with E-state index >= 15 is 0 Å². The van der Waals surface area contributed by atoms with Gasteiger partial charge in [-0.05, 0) is 38.0 Å². The van der Waals surface area contributed by atoms with Gasteiger partial charge >= 0.3 is 0 Å². The molecule has 0 bridgehead atoms. The number of amides is 1. The minimum Gasteiger partial charge on any atom is -0.388 e. The van der Waals surface area contributed by atoms with Gasteiger partial charge in [-0.15, -0.1) is 11.3 Å². The van der Waals surface area contributed by atoms with Crippen LogP contribution in [0.25, 0.3) is 10.9 Å². The van der Waals surface area contributed by atoms with Crippen molar-refractivity contribution in [2.24, 2.45) is 0 Å². The Kier molecular flexibility index (Phi) is 4.95. The lowest BCUT2D eigenvalue weighted by molar-refractivity contribution is -0.0298. The number of hydrogen-bond acceptors (Lipinski definition) is 6. The molecular formula is C19H19ClN4O3S. The van der Waals surface area contributed by atoms with Crippen molar-refractivity contribution in [3.05, 3.63) is 56.0 Å². The largest absolute Gasteiger partial charge is 0.388 e. The van der Waals surface area contributed by atoms with Gasteiger partial charge in [0.15, 0.2) is 0 Å². The first-order chi connectivity index (χ1) is 13.4. The summed E-state index contributed by atoms with van der Waals surface area (Å²) in [6, 6.07) is 4.94. The molecule has 9 heteroatoms. The van der Waals surface area contributed by atoms with Crippen molar-refractivity contribution in [1.82, 2.24) is 19.4 Å². The van der Waals surface area contributed by atoms with Crippen LogP contribution in [0.5, 0.6) is 0 Å². The van der Waals surface area contributed by atoms with E-state index in [9.17, 15) is 14.7 Å². The molecule has 1 aromatic carbocycles. The summed E-state index contributed by atoms with van der Waals surface area (Å²) in [6.07, 6.45) is 2.22. The molecule has 1 amide bonds. The van der Waals surface area contributed by atoms with Crippen LogP contribution in [0, 0.1) is 6.92 Å². The normalized spacial score (nSPS) is 16.5. The lowest BCUT2D eigenvalue weighted by atomic mass is 9.91. The third-order valence-corrected chi connectivity index (χ3v) is 6.32. The van der Waals surface area contributed by atoms with Gasteiger partial charge < -0.3 is 10.0 Å². The van der Waals surface area contributed by atoms with Gasteiger partial charge in [-0.3, -0.25) is 14.2 Å². The summed E-state index contributed by atoms with van der Waals surface area (Å²) < 4.78 is 1.43. The Morgan fingerprint density at radius 2 is 2.07 bits per heavy atom. The molecule has 1 aliphatic rings. The number of aryl methyl sites for hydroxylation is 1. The molecular weight excluding hydrogens is 400 g/mol. The van der Waals surface area contributed by atoms with Gasteiger partial charge in [-0.2, -0.15) is 0 Å². The summed E-state index contributed by atoms with van der Waals surface area (Å²) in [6.45, 7) is 2.81. The zero-order chi connectivity index (χ0) is 19.9. The summed E-state index contributed by atoms with van der Waals surface area (Å²) >= 11 is 7.28. The number of carbonyl (C=O) groups is 1. The highest BCUT2D eigenvalue weighted by atomic mass is 35.5. The summed E-state index contributed by atoms with van der Waals surface area (Å²) in [5, 5.41) is 12.0. The van der Waals surface area contributed by atoms with E-state index in [4.69, 9.17) is 11.6 Å². The molecule has 146 valence electrons. The van der Waals surface area contributed by atoms with Crippen LogP contribution >= 0.6 is 22.9 Å². The molecule has 1 saturated heterocycles. The summed E-state index contributed by atoms with van der Waals surface area (Å²) in [5.74, 6) is -0.0523. The minimum absolute atomic E-state index is 0.0523. The summed E-state index contributed by atoms with van der Waals surface area (Å²) in [7, 11) is 0. The fourth-order valence-corrected chi connectivity index (χ4v) is 4.43. The van der Waals surface area contributed by atoms with Gasteiger partial charge in [-0.25, -0.2) is 9.97 Å². The van der Waals surface area contributed by atoms with E-state index in [0.717, 1.165) is 5.69 Å². The molecule has 3 aromatic rings. The second-order valence-corrected chi connectivity index (χ2v) is 8.41. The third-order valence-electron chi connectivity index (χ3n) is 5.17. The van der Waals surface area contributed by atoms with E-state index in [-0.39, 0.29) is 18.0 Å². The van der Waals surface area contributed by atoms with E-state index in [1.54, 1.807) is 28.6 Å². The molecule has 1 fully saturated rings. The van der Waals surface area contributed by atoms with Gasteiger partial charge in [0.1, 0.15) is 4.88 Å². The highest BCUT2D eigenvalue weighted by Crippen LogP contribution is 2.26. The highest BCUT2D eigenvalue weighted by Gasteiger charge is 2.35. The van der Waals surface area contributed by atoms with Crippen molar-refractivity contribution in [2.75, 3.05) is 13.1 Å². The zero-order valence-corrected chi connectivity index (χ0v) is 16.8. The number of likely N-dealkylation sites (tertiary alicyclic amines) is 1. The monoisotopic (exact) mass is 418 g/mol. The topological polar surface area (TPSA) is 88.3 Å². The predicted molar refractivity (Wildman–Crippen MR) is 108 cm³/mol. The van der Waals surface area contributed by atoms with Crippen LogP contribution in [0.3, 0.4) is 0 Å². The number of fused-ring (bicyclic) bond motifs is 1. The Morgan fingerprint density at radius 3 is 2.75 bits per heavy atom. The molecule has 1 aliphatic heterocycles. The van der Waals surface area contributed by atoms with Gasteiger partial charge in [-0.1, -0.05) is 11.6 Å². The van der Waals surface area contributed by atoms with Crippen molar-refractivity contribution >= 4 is 39.7 Å². The Balaban J connectivity index is 1.49. The maximum atomic E-state index is 12.7. The van der Waals surface area contributed by atoms with Crippen molar-refractivity contribution in [1.29, 1.82) is 0 Å². The average Bonchev–Trinajstić information content (AvgIpc) is 3.10. The van der Waals surface area contributed by atoms with Crippen LogP contribution < -0.4 is 5.56 Å². The first kappa shape index (κ1) is 19.0. The number of aromatic nitrogens is 3. The smallest absolute Gasteiger partial charge is 0.265 e. The van der Waals surface area contributed by atoms with Crippen molar-refractivity contribution in [3.63, 3.8) is 0 Å². The first-order valence-electron chi connectivity index (χ1n) is 8.93. The number of piperidine rings is 1. The third kappa shape index (κ3) is 3.55. The number of hydrogen-bond donors (Lipinski definition) is 1. The van der Waals surface area contributed by atoms with Gasteiger partial charge in [0.2, 0.25) is 0 Å². The summed E-state index contributed by atoms with van der Waals surface area (Å²) in [5.41, 5.74) is 1.64. The van der Waals surface area contributed by atoms with Gasteiger partial charge in [0.25, 0.3) is 11.5 Å². The molecule has 0 unspecified atom stereocenters. The SMILES string of the molecule is Cc1ncsc1C(=O)N1CCC(O)(Cn2cnc3cc(Cl)ccc3c2=O)CC1. The second kappa shape index (κ2) is 7.27. The predicted octanol–water partition coefficient (Wildman–Crippen LogP) is 2.48. The van der Waals surface area contributed by atoms with Crippen LogP contribution in [0.4, 0.5) is 0 Å². The summed E-state index contributed by atoms with van der Waals surface area (Å²) in [4.78, 5) is 36.1. The highest BCUT2D eigenvalue weighted by molar-refractivity contribution is 7.11. The molecule has 1 N–H and O–H groups in total. The van der Waals surface area contributed by atoms with Crippen molar-refractivity contribution < 1.29 is 9.90 Å².